The molecule has 0 spiro atoms. The lowest BCUT2D eigenvalue weighted by atomic mass is 10.1. The Morgan fingerprint density at radius 3 is 2.64 bits per heavy atom. The second kappa shape index (κ2) is 10.1. The second-order valence-electron chi connectivity index (χ2n) is 8.17. The fourth-order valence-corrected chi connectivity index (χ4v) is 4.74. The predicted octanol–water partition coefficient (Wildman–Crippen LogP) is 6.53. The number of para-hydroxylation sites is 1. The number of aryl methyl sites for hydroxylation is 1. The van der Waals surface area contributed by atoms with Crippen LogP contribution >= 0.6 is 11.8 Å². The lowest BCUT2D eigenvalue weighted by Gasteiger charge is -2.11. The first kappa shape index (κ1) is 23.3. The van der Waals surface area contributed by atoms with Gasteiger partial charge < -0.3 is 10.1 Å². The van der Waals surface area contributed by atoms with Crippen molar-refractivity contribution in [1.82, 2.24) is 5.32 Å². The largest absolute Gasteiger partial charge is 0.488 e. The molecule has 1 amide bonds. The maximum Gasteiger partial charge on any atom is 0.269 e. The molecule has 1 heterocycles. The number of nitro groups is 1. The number of nitrogens with zero attached hydrogens (tertiary/aromatic N) is 2. The second-order valence-corrected chi connectivity index (χ2v) is 9.21. The van der Waals surface area contributed by atoms with E-state index in [1.54, 1.807) is 19.1 Å². The number of benzene rings is 4. The summed E-state index contributed by atoms with van der Waals surface area (Å²) in [6, 6.07) is 26.3. The number of aliphatic imine (C=N–C) groups is 1. The van der Waals surface area contributed by atoms with Crippen molar-refractivity contribution in [3.05, 3.63) is 117 Å². The highest BCUT2D eigenvalue weighted by Gasteiger charge is 2.24. The van der Waals surface area contributed by atoms with E-state index in [1.807, 2.05) is 48.5 Å². The third-order valence-corrected chi connectivity index (χ3v) is 6.64. The van der Waals surface area contributed by atoms with E-state index >= 15 is 0 Å². The van der Waals surface area contributed by atoms with Crippen LogP contribution in [-0.2, 0) is 11.4 Å². The molecule has 178 valence electrons. The summed E-state index contributed by atoms with van der Waals surface area (Å²) in [5.74, 6) is 0.408. The zero-order valence-corrected chi connectivity index (χ0v) is 20.1. The van der Waals surface area contributed by atoms with Crippen molar-refractivity contribution < 1.29 is 14.5 Å². The number of amides is 1. The summed E-state index contributed by atoms with van der Waals surface area (Å²) in [4.78, 5) is 28.1. The van der Waals surface area contributed by atoms with Crippen LogP contribution in [0.4, 0.5) is 11.4 Å². The molecule has 0 aromatic heterocycles. The smallest absolute Gasteiger partial charge is 0.269 e. The van der Waals surface area contributed by atoms with Crippen molar-refractivity contribution in [3.8, 4) is 5.75 Å². The first-order valence-electron chi connectivity index (χ1n) is 11.2. The van der Waals surface area contributed by atoms with E-state index in [4.69, 9.17) is 4.74 Å². The summed E-state index contributed by atoms with van der Waals surface area (Å²) in [6.45, 7) is 2.14. The third kappa shape index (κ3) is 4.99. The molecule has 1 aliphatic rings. The van der Waals surface area contributed by atoms with Crippen LogP contribution in [0.3, 0.4) is 0 Å². The summed E-state index contributed by atoms with van der Waals surface area (Å²) in [5.41, 5.74) is 3.07. The Balaban J connectivity index is 1.36. The minimum absolute atomic E-state index is 0.000234. The van der Waals surface area contributed by atoms with Crippen molar-refractivity contribution in [2.24, 2.45) is 4.99 Å². The highest BCUT2D eigenvalue weighted by atomic mass is 32.2. The minimum atomic E-state index is -0.448. The van der Waals surface area contributed by atoms with Gasteiger partial charge in [0.15, 0.2) is 5.17 Å². The highest BCUT2D eigenvalue weighted by molar-refractivity contribution is 8.18. The Kier molecular flexibility index (Phi) is 6.51. The molecule has 0 radical (unpaired) electrons. The van der Waals surface area contributed by atoms with Crippen molar-refractivity contribution in [2.75, 3.05) is 0 Å². The third-order valence-electron chi connectivity index (χ3n) is 5.73. The molecule has 8 heteroatoms. The first-order chi connectivity index (χ1) is 17.5. The fourth-order valence-electron chi connectivity index (χ4n) is 3.91. The van der Waals surface area contributed by atoms with E-state index in [9.17, 15) is 14.9 Å². The SMILES string of the molecule is Cc1cc([N+](=O)[O-])ccc1N=C1NC(=O)/C(=C\c2ccccc2OCc2cccc3ccccc23)S1. The molecule has 5 rings (SSSR count). The molecule has 1 N–H and O–H groups in total. The number of hydrogen-bond acceptors (Lipinski definition) is 6. The number of carbonyl (C=O) groups excluding carboxylic acids is 1. The average molecular weight is 496 g/mol. The number of nitro benzene ring substituents is 1. The average Bonchev–Trinajstić information content (AvgIpc) is 3.22. The van der Waals surface area contributed by atoms with Gasteiger partial charge in [0.25, 0.3) is 11.6 Å². The Bertz CT molecular complexity index is 1560. The van der Waals surface area contributed by atoms with E-state index in [1.165, 1.54) is 23.9 Å². The van der Waals surface area contributed by atoms with Gasteiger partial charge in [-0.1, -0.05) is 60.7 Å². The molecule has 1 fully saturated rings. The molecular formula is C28H21N3O4S. The Morgan fingerprint density at radius 2 is 1.81 bits per heavy atom. The van der Waals surface area contributed by atoms with Gasteiger partial charge in [0.05, 0.1) is 15.5 Å². The van der Waals surface area contributed by atoms with Crippen LogP contribution in [0.15, 0.2) is 94.8 Å². The van der Waals surface area contributed by atoms with Gasteiger partial charge in [0.1, 0.15) is 12.4 Å². The van der Waals surface area contributed by atoms with Crippen molar-refractivity contribution >= 4 is 51.1 Å². The van der Waals surface area contributed by atoms with Crippen LogP contribution in [-0.4, -0.2) is 16.0 Å². The number of carbonyl (C=O) groups is 1. The molecule has 36 heavy (non-hydrogen) atoms. The number of nitrogens with one attached hydrogen (secondary N) is 1. The van der Waals surface area contributed by atoms with E-state index in [-0.39, 0.29) is 11.6 Å². The monoisotopic (exact) mass is 495 g/mol. The van der Waals surface area contributed by atoms with E-state index in [0.29, 0.717) is 33.7 Å². The lowest BCUT2D eigenvalue weighted by molar-refractivity contribution is -0.384. The quantitative estimate of drug-likeness (QED) is 0.187. The predicted molar refractivity (Wildman–Crippen MR) is 143 cm³/mol. The van der Waals surface area contributed by atoms with E-state index in [0.717, 1.165) is 21.9 Å². The zero-order chi connectivity index (χ0) is 25.1. The standard InChI is InChI=1S/C28H21N3O4S/c1-18-15-22(31(33)34)13-14-24(18)29-28-30-27(32)26(36-28)16-20-8-3-5-12-25(20)35-17-21-10-6-9-19-7-2-4-11-23(19)21/h2-16H,17H2,1H3,(H,29,30,32)/b26-16+. The molecule has 1 saturated heterocycles. The van der Waals surface area contributed by atoms with Crippen molar-refractivity contribution in [2.45, 2.75) is 13.5 Å². The molecule has 0 atom stereocenters. The molecule has 7 nitrogen and oxygen atoms in total. The number of fused-ring (bicyclic) bond motifs is 1. The zero-order valence-electron chi connectivity index (χ0n) is 19.3. The van der Waals surface area contributed by atoms with Crippen LogP contribution in [0.5, 0.6) is 5.75 Å². The van der Waals surface area contributed by atoms with E-state index in [2.05, 4.69) is 28.5 Å². The van der Waals surface area contributed by atoms with Gasteiger partial charge in [0, 0.05) is 17.7 Å². The van der Waals surface area contributed by atoms with Crippen molar-refractivity contribution in [3.63, 3.8) is 0 Å². The molecule has 0 bridgehead atoms. The Hall–Kier alpha value is -4.43. The molecule has 0 unspecified atom stereocenters. The number of hydrogen-bond donors (Lipinski definition) is 1. The maximum absolute atomic E-state index is 12.6. The molecule has 0 aliphatic carbocycles. The van der Waals surface area contributed by atoms with Gasteiger partial charge in [-0.15, -0.1) is 0 Å². The number of non-ortho nitro benzene ring substituents is 1. The molecular weight excluding hydrogens is 474 g/mol. The minimum Gasteiger partial charge on any atom is -0.488 e. The summed E-state index contributed by atoms with van der Waals surface area (Å²) in [7, 11) is 0. The Morgan fingerprint density at radius 1 is 1.03 bits per heavy atom. The fraction of sp³-hybridized carbons (Fsp3) is 0.0714. The first-order valence-corrected chi connectivity index (χ1v) is 12.0. The molecule has 4 aromatic carbocycles. The Labute approximate surface area is 211 Å². The van der Waals surface area contributed by atoms with Crippen LogP contribution in [0.1, 0.15) is 16.7 Å². The molecule has 0 saturated carbocycles. The normalized spacial score (nSPS) is 15.4. The van der Waals surface area contributed by atoms with Gasteiger partial charge in [0.2, 0.25) is 0 Å². The van der Waals surface area contributed by atoms with E-state index < -0.39 is 4.92 Å². The van der Waals surface area contributed by atoms with Crippen LogP contribution < -0.4 is 10.1 Å². The van der Waals surface area contributed by atoms with Crippen molar-refractivity contribution in [1.29, 1.82) is 0 Å². The summed E-state index contributed by atoms with van der Waals surface area (Å²) in [5, 5.41) is 16.5. The molecule has 1 aliphatic heterocycles. The lowest BCUT2D eigenvalue weighted by Crippen LogP contribution is -2.19. The topological polar surface area (TPSA) is 93.8 Å². The summed E-state index contributed by atoms with van der Waals surface area (Å²) in [6.07, 6.45) is 1.78. The summed E-state index contributed by atoms with van der Waals surface area (Å²) < 4.78 is 6.17. The summed E-state index contributed by atoms with van der Waals surface area (Å²) >= 11 is 1.21. The number of thioether (sulfide) groups is 1. The van der Waals surface area contributed by atoms with Crippen LogP contribution in [0, 0.1) is 17.0 Å². The van der Waals surface area contributed by atoms with Gasteiger partial charge in [-0.25, -0.2) is 4.99 Å². The van der Waals surface area contributed by atoms with Gasteiger partial charge >= 0.3 is 0 Å². The molecule has 4 aromatic rings. The van der Waals surface area contributed by atoms with Crippen LogP contribution in [0.2, 0.25) is 0 Å². The van der Waals surface area contributed by atoms with Crippen LogP contribution in [0.25, 0.3) is 16.8 Å². The van der Waals surface area contributed by atoms with Gasteiger partial charge in [-0.2, -0.15) is 0 Å². The number of rotatable bonds is 6. The van der Waals surface area contributed by atoms with Gasteiger partial charge in [-0.3, -0.25) is 14.9 Å². The maximum atomic E-state index is 12.6. The number of ether oxygens (including phenoxy) is 1. The van der Waals surface area contributed by atoms with Gasteiger partial charge in [-0.05, 0) is 58.8 Å². The highest BCUT2D eigenvalue weighted by Crippen LogP contribution is 2.32. The number of amidine groups is 1.